The summed E-state index contributed by atoms with van der Waals surface area (Å²) in [5.74, 6) is 2.81. The molecule has 3 aliphatic carbocycles. The Balaban J connectivity index is 1.01. The minimum atomic E-state index is -0.609. The van der Waals surface area contributed by atoms with Gasteiger partial charge in [0.1, 0.15) is 5.54 Å². The van der Waals surface area contributed by atoms with Gasteiger partial charge in [0.2, 0.25) is 0 Å². The number of hydrogen-bond acceptors (Lipinski definition) is 4. The van der Waals surface area contributed by atoms with Crippen molar-refractivity contribution in [2.45, 2.75) is 121 Å². The molecule has 5 heteroatoms. The van der Waals surface area contributed by atoms with Crippen LogP contribution in [-0.2, 0) is 4.79 Å². The number of hydrogen-bond donors (Lipinski definition) is 1. The molecule has 246 valence electrons. The second kappa shape index (κ2) is 14.4. The summed E-state index contributed by atoms with van der Waals surface area (Å²) < 4.78 is 0. The van der Waals surface area contributed by atoms with Gasteiger partial charge in [0, 0.05) is 31.2 Å². The highest BCUT2D eigenvalue weighted by Crippen LogP contribution is 2.44. The van der Waals surface area contributed by atoms with Gasteiger partial charge in [-0.05, 0) is 73.8 Å². The van der Waals surface area contributed by atoms with E-state index in [4.69, 9.17) is 10.7 Å². The molecule has 0 bridgehead atoms. The van der Waals surface area contributed by atoms with E-state index in [0.717, 1.165) is 51.7 Å². The van der Waals surface area contributed by atoms with Gasteiger partial charge in [0.05, 0.1) is 0 Å². The monoisotopic (exact) mass is 620 g/mol. The number of allylic oxidation sites excluding steroid dienone is 2. The van der Waals surface area contributed by atoms with Gasteiger partial charge in [-0.1, -0.05) is 130 Å². The van der Waals surface area contributed by atoms with Crippen LogP contribution in [0, 0.1) is 17.8 Å². The molecular weight excluding hydrogens is 564 g/mol. The van der Waals surface area contributed by atoms with Crippen LogP contribution >= 0.6 is 0 Å². The van der Waals surface area contributed by atoms with Crippen LogP contribution in [0.3, 0.4) is 0 Å². The van der Waals surface area contributed by atoms with E-state index in [1.165, 1.54) is 88.2 Å². The zero-order valence-corrected chi connectivity index (χ0v) is 28.1. The number of piperidine rings is 1. The van der Waals surface area contributed by atoms with Crippen molar-refractivity contribution in [3.63, 3.8) is 0 Å². The van der Waals surface area contributed by atoms with E-state index < -0.39 is 5.54 Å². The lowest BCUT2D eigenvalue weighted by atomic mass is 9.73. The summed E-state index contributed by atoms with van der Waals surface area (Å²) in [6.45, 7) is 2.87. The molecule has 0 aromatic heterocycles. The number of carbonyl (C=O) groups excluding carboxylic acids is 1. The van der Waals surface area contributed by atoms with Crippen LogP contribution in [0.25, 0.3) is 0 Å². The van der Waals surface area contributed by atoms with Crippen LogP contribution in [0.15, 0.2) is 76.9 Å². The fourth-order valence-electron chi connectivity index (χ4n) is 9.43. The predicted molar refractivity (Wildman–Crippen MR) is 188 cm³/mol. The summed E-state index contributed by atoms with van der Waals surface area (Å²) >= 11 is 0. The zero-order chi connectivity index (χ0) is 31.3. The number of likely N-dealkylation sites (tertiary alicyclic amines) is 1. The van der Waals surface area contributed by atoms with Gasteiger partial charge < -0.3 is 10.6 Å². The van der Waals surface area contributed by atoms with Gasteiger partial charge in [-0.3, -0.25) is 9.69 Å². The summed E-state index contributed by atoms with van der Waals surface area (Å²) in [5, 5.41) is 0. The van der Waals surface area contributed by atoms with Gasteiger partial charge in [0.25, 0.3) is 5.91 Å². The first kappa shape index (κ1) is 31.5. The molecule has 2 aromatic rings. The second-order valence-corrected chi connectivity index (χ2v) is 15.4. The number of nitrogens with zero attached hydrogens (tertiary/aromatic N) is 3. The van der Waals surface area contributed by atoms with Crippen LogP contribution in [0.5, 0.6) is 0 Å². The lowest BCUT2D eigenvalue weighted by Crippen LogP contribution is -2.49. The van der Waals surface area contributed by atoms with E-state index >= 15 is 0 Å². The third-order valence-corrected chi connectivity index (χ3v) is 12.1. The maximum atomic E-state index is 14.4. The van der Waals surface area contributed by atoms with Crippen LogP contribution in [0.2, 0.25) is 0 Å². The molecule has 5 nitrogen and oxygen atoms in total. The number of aliphatic imine (C=N–C) groups is 1. The molecule has 3 saturated carbocycles. The highest BCUT2D eigenvalue weighted by molar-refractivity contribution is 6.06. The molecule has 0 spiro atoms. The Morgan fingerprint density at radius 1 is 0.739 bits per heavy atom. The predicted octanol–water partition coefficient (Wildman–Crippen LogP) is 8.81. The largest absolute Gasteiger partial charge is 0.375 e. The van der Waals surface area contributed by atoms with Crippen LogP contribution < -0.4 is 5.73 Å². The van der Waals surface area contributed by atoms with Gasteiger partial charge >= 0.3 is 0 Å². The third kappa shape index (κ3) is 7.24. The molecule has 7 rings (SSSR count). The fourth-order valence-corrected chi connectivity index (χ4v) is 9.43. The Labute approximate surface area is 277 Å². The Morgan fingerprint density at radius 2 is 1.26 bits per heavy atom. The van der Waals surface area contributed by atoms with Crippen molar-refractivity contribution in [1.29, 1.82) is 0 Å². The van der Waals surface area contributed by atoms with Crippen molar-refractivity contribution < 1.29 is 4.79 Å². The molecular formula is C41H56N4O. The maximum Gasteiger partial charge on any atom is 0.257 e. The quantitative estimate of drug-likeness (QED) is 0.273. The van der Waals surface area contributed by atoms with Crippen LogP contribution in [0.1, 0.15) is 126 Å². The number of rotatable bonds is 11. The molecule has 0 unspecified atom stereocenters. The molecule has 4 fully saturated rings. The van der Waals surface area contributed by atoms with Gasteiger partial charge in [-0.2, -0.15) is 0 Å². The average Bonchev–Trinajstić information content (AvgIpc) is 3.92. The highest BCUT2D eigenvalue weighted by Gasteiger charge is 2.50. The van der Waals surface area contributed by atoms with Crippen LogP contribution in [-0.4, -0.2) is 46.8 Å². The number of carbonyl (C=O) groups is 1. The minimum Gasteiger partial charge on any atom is -0.375 e. The first-order valence-electron chi connectivity index (χ1n) is 18.8. The number of nitrogens with two attached hydrogens (primary N) is 1. The number of benzene rings is 2. The van der Waals surface area contributed by atoms with E-state index in [0.29, 0.717) is 29.6 Å². The molecule has 46 heavy (non-hydrogen) atoms. The first-order chi connectivity index (χ1) is 22.6. The van der Waals surface area contributed by atoms with E-state index in [1.54, 1.807) is 11.3 Å². The van der Waals surface area contributed by atoms with E-state index in [2.05, 4.69) is 65.6 Å². The average molecular weight is 621 g/mol. The Hall–Kier alpha value is -3.08. The second-order valence-electron chi connectivity index (χ2n) is 15.4. The number of amides is 1. The fraction of sp³-hybridized carbons (Fsp3) is 0.610. The molecule has 2 aromatic carbocycles. The summed E-state index contributed by atoms with van der Waals surface area (Å²) in [6, 6.07) is 22.1. The third-order valence-electron chi connectivity index (χ3n) is 12.1. The smallest absolute Gasteiger partial charge is 0.257 e. The SMILES string of the molecule is NC1=NC(CC2CCCCC2)(CC2CCCCC2)C(=O)N1CC1CCN(C(CC(c2ccccc2)c2ccccc2)=C2CC2)CC1. The molecule has 2 heterocycles. The standard InChI is InChI=1S/C41H56N4O/c42-40-43-41(28-31-13-5-1-6-14-31,29-32-15-7-2-8-16-32)39(46)45(40)30-33-23-25-44(26-24-33)38(36-21-22-36)27-37(34-17-9-3-10-18-34)35-19-11-4-12-20-35/h3-4,9-12,17-20,31-33,37H,1-2,5-8,13-16,21-30H2,(H2,42,43). The Kier molecular flexibility index (Phi) is 9.84. The molecule has 1 amide bonds. The maximum absolute atomic E-state index is 14.4. The normalized spacial score (nSPS) is 22.8. The van der Waals surface area contributed by atoms with Crippen molar-refractivity contribution in [3.8, 4) is 0 Å². The Morgan fingerprint density at radius 3 is 1.76 bits per heavy atom. The van der Waals surface area contributed by atoms with Crippen molar-refractivity contribution in [3.05, 3.63) is 83.1 Å². The van der Waals surface area contributed by atoms with Crippen molar-refractivity contribution in [2.75, 3.05) is 19.6 Å². The molecule has 0 atom stereocenters. The minimum absolute atomic E-state index is 0.234. The molecule has 5 aliphatic rings. The molecule has 2 N–H and O–H groups in total. The molecule has 2 aliphatic heterocycles. The summed E-state index contributed by atoms with van der Waals surface area (Å²) in [4.78, 5) is 24.2. The highest BCUT2D eigenvalue weighted by atomic mass is 16.2. The summed E-state index contributed by atoms with van der Waals surface area (Å²) in [7, 11) is 0. The van der Waals surface area contributed by atoms with Gasteiger partial charge in [0.15, 0.2) is 5.96 Å². The number of guanidine groups is 1. The van der Waals surface area contributed by atoms with Gasteiger partial charge in [-0.25, -0.2) is 4.99 Å². The van der Waals surface area contributed by atoms with Crippen molar-refractivity contribution in [2.24, 2.45) is 28.5 Å². The molecule has 1 saturated heterocycles. The van der Waals surface area contributed by atoms with Crippen molar-refractivity contribution in [1.82, 2.24) is 9.80 Å². The summed E-state index contributed by atoms with van der Waals surface area (Å²) in [5.41, 5.74) is 12.1. The van der Waals surface area contributed by atoms with E-state index in [1.807, 2.05) is 4.90 Å². The van der Waals surface area contributed by atoms with E-state index in [-0.39, 0.29) is 5.91 Å². The first-order valence-corrected chi connectivity index (χ1v) is 18.8. The van der Waals surface area contributed by atoms with Crippen LogP contribution in [0.4, 0.5) is 0 Å². The molecule has 0 radical (unpaired) electrons. The lowest BCUT2D eigenvalue weighted by molar-refractivity contribution is -0.133. The van der Waals surface area contributed by atoms with E-state index in [9.17, 15) is 4.79 Å². The zero-order valence-electron chi connectivity index (χ0n) is 28.1. The topological polar surface area (TPSA) is 61.9 Å². The lowest BCUT2D eigenvalue weighted by Gasteiger charge is -2.38. The van der Waals surface area contributed by atoms with Gasteiger partial charge in [-0.15, -0.1) is 0 Å². The van der Waals surface area contributed by atoms with Crippen molar-refractivity contribution >= 4 is 11.9 Å². The summed E-state index contributed by atoms with van der Waals surface area (Å²) in [6.07, 6.45) is 20.5. The Bertz CT molecular complexity index is 1300.